The number of aliphatic carboxylic acids is 2. The van der Waals surface area contributed by atoms with Crippen molar-refractivity contribution >= 4 is 29.7 Å². The largest absolute Gasteiger partial charge is 0.481 e. The molecule has 0 spiro atoms. The van der Waals surface area contributed by atoms with Gasteiger partial charge in [-0.1, -0.05) is 0 Å². The van der Waals surface area contributed by atoms with Crippen LogP contribution in [0.5, 0.6) is 0 Å². The number of carbonyl (C=O) groups excluding carboxylic acids is 3. The third-order valence-electron chi connectivity index (χ3n) is 2.34. The maximum Gasteiger partial charge on any atom is 0.322 e. The van der Waals surface area contributed by atoms with Crippen molar-refractivity contribution < 1.29 is 34.2 Å². The topological polar surface area (TPSA) is 188 Å². The highest BCUT2D eigenvalue weighted by Gasteiger charge is 2.21. The van der Waals surface area contributed by atoms with Gasteiger partial charge in [0.15, 0.2) is 0 Å². The molecule has 3 amide bonds. The predicted molar refractivity (Wildman–Crippen MR) is 71.5 cm³/mol. The van der Waals surface area contributed by atoms with E-state index in [0.717, 1.165) is 0 Å². The maximum absolute atomic E-state index is 11.8. The van der Waals surface area contributed by atoms with Crippen molar-refractivity contribution in [2.24, 2.45) is 5.73 Å². The van der Waals surface area contributed by atoms with Crippen molar-refractivity contribution in [1.82, 2.24) is 16.0 Å². The number of carboxylic acids is 2. The second-order valence-corrected chi connectivity index (χ2v) is 4.14. The van der Waals surface area contributed by atoms with Gasteiger partial charge < -0.3 is 31.9 Å². The van der Waals surface area contributed by atoms with E-state index in [1.54, 1.807) is 0 Å². The molecule has 0 radical (unpaired) electrons. The second kappa shape index (κ2) is 10.1. The zero-order valence-electron chi connectivity index (χ0n) is 11.6. The van der Waals surface area contributed by atoms with Gasteiger partial charge in [-0.2, -0.15) is 0 Å². The van der Waals surface area contributed by atoms with Crippen molar-refractivity contribution in [1.29, 1.82) is 0 Å². The molecule has 0 aliphatic heterocycles. The summed E-state index contributed by atoms with van der Waals surface area (Å²) >= 11 is 0. The average molecular weight is 318 g/mol. The lowest BCUT2D eigenvalue weighted by Crippen LogP contribution is -2.50. The van der Waals surface area contributed by atoms with Crippen molar-refractivity contribution in [3.8, 4) is 0 Å². The van der Waals surface area contributed by atoms with Gasteiger partial charge in [0, 0.05) is 6.42 Å². The van der Waals surface area contributed by atoms with E-state index in [4.69, 9.17) is 15.9 Å². The monoisotopic (exact) mass is 318 g/mol. The Balaban J connectivity index is 4.41. The molecule has 0 heterocycles. The van der Waals surface area contributed by atoms with Crippen LogP contribution in [0.1, 0.15) is 12.8 Å². The molecule has 0 saturated heterocycles. The first kappa shape index (κ1) is 19.3. The minimum absolute atomic E-state index is 0.177. The van der Waals surface area contributed by atoms with Crippen molar-refractivity contribution in [2.75, 3.05) is 19.6 Å². The van der Waals surface area contributed by atoms with Crippen LogP contribution in [-0.4, -0.2) is 65.5 Å². The van der Waals surface area contributed by atoms with Crippen LogP contribution in [0.25, 0.3) is 0 Å². The Morgan fingerprint density at radius 3 is 2.05 bits per heavy atom. The molecule has 1 atom stereocenters. The molecule has 0 aliphatic rings. The molecule has 124 valence electrons. The van der Waals surface area contributed by atoms with Crippen LogP contribution in [0.4, 0.5) is 0 Å². The molecule has 1 unspecified atom stereocenters. The van der Waals surface area contributed by atoms with E-state index >= 15 is 0 Å². The fourth-order valence-electron chi connectivity index (χ4n) is 1.32. The molecule has 22 heavy (non-hydrogen) atoms. The number of carboxylic acid groups (broad SMARTS) is 2. The fraction of sp³-hybridized carbons (Fsp3) is 0.545. The summed E-state index contributed by atoms with van der Waals surface area (Å²) in [6.45, 7) is -1.48. The lowest BCUT2D eigenvalue weighted by molar-refractivity contribution is -0.138. The maximum atomic E-state index is 11.8. The summed E-state index contributed by atoms with van der Waals surface area (Å²) < 4.78 is 0. The average Bonchev–Trinajstić information content (AvgIpc) is 2.46. The van der Waals surface area contributed by atoms with E-state index in [1.807, 2.05) is 5.32 Å². The zero-order chi connectivity index (χ0) is 17.1. The summed E-state index contributed by atoms with van der Waals surface area (Å²) in [4.78, 5) is 54.9. The third kappa shape index (κ3) is 9.25. The molecule has 0 bridgehead atoms. The Labute approximate surface area is 125 Å². The Bertz CT molecular complexity index is 452. The van der Waals surface area contributed by atoms with E-state index in [0.29, 0.717) is 0 Å². The minimum Gasteiger partial charge on any atom is -0.481 e. The summed E-state index contributed by atoms with van der Waals surface area (Å²) in [7, 11) is 0. The Kier molecular flexibility index (Phi) is 8.86. The molecule has 0 aromatic rings. The number of hydrogen-bond acceptors (Lipinski definition) is 6. The van der Waals surface area contributed by atoms with Crippen LogP contribution in [0.3, 0.4) is 0 Å². The van der Waals surface area contributed by atoms with E-state index in [1.165, 1.54) is 0 Å². The summed E-state index contributed by atoms with van der Waals surface area (Å²) in [5.74, 6) is -4.56. The standard InChI is InChI=1S/C11H18N4O7/c12-3-7(16)15-6(1-2-9(18)19)11(22)14-4-8(17)13-5-10(20)21/h6H,1-5,12H2,(H,13,17)(H,14,22)(H,15,16)(H,18,19)(H,20,21). The van der Waals surface area contributed by atoms with Gasteiger partial charge in [0.05, 0.1) is 13.1 Å². The molecule has 0 saturated carbocycles. The third-order valence-corrected chi connectivity index (χ3v) is 2.34. The first-order chi connectivity index (χ1) is 10.3. The van der Waals surface area contributed by atoms with Crippen LogP contribution in [0.2, 0.25) is 0 Å². The van der Waals surface area contributed by atoms with Gasteiger partial charge in [0.2, 0.25) is 17.7 Å². The highest BCUT2D eigenvalue weighted by Crippen LogP contribution is 1.98. The number of amides is 3. The summed E-state index contributed by atoms with van der Waals surface area (Å²) in [5.41, 5.74) is 5.09. The highest BCUT2D eigenvalue weighted by molar-refractivity contribution is 5.91. The van der Waals surface area contributed by atoms with Gasteiger partial charge in [0.25, 0.3) is 0 Å². The predicted octanol–water partition coefficient (Wildman–Crippen LogP) is -3.39. The molecule has 0 aromatic carbocycles. The molecule has 11 heteroatoms. The second-order valence-electron chi connectivity index (χ2n) is 4.14. The number of hydrogen-bond donors (Lipinski definition) is 6. The molecular formula is C11H18N4O7. The summed E-state index contributed by atoms with van der Waals surface area (Å²) in [6, 6.07) is -1.15. The van der Waals surface area contributed by atoms with Gasteiger partial charge in [0.1, 0.15) is 12.6 Å². The Morgan fingerprint density at radius 1 is 0.909 bits per heavy atom. The molecule has 11 nitrogen and oxygen atoms in total. The molecular weight excluding hydrogens is 300 g/mol. The normalized spacial score (nSPS) is 11.1. The van der Waals surface area contributed by atoms with Crippen molar-refractivity contribution in [2.45, 2.75) is 18.9 Å². The lowest BCUT2D eigenvalue weighted by Gasteiger charge is -2.17. The first-order valence-corrected chi connectivity index (χ1v) is 6.23. The molecule has 0 aliphatic carbocycles. The van der Waals surface area contributed by atoms with Crippen molar-refractivity contribution in [3.05, 3.63) is 0 Å². The van der Waals surface area contributed by atoms with Gasteiger partial charge in [-0.25, -0.2) is 0 Å². The van der Waals surface area contributed by atoms with E-state index in [-0.39, 0.29) is 19.4 Å². The number of nitrogens with one attached hydrogen (secondary N) is 3. The number of carbonyl (C=O) groups is 5. The number of nitrogens with two attached hydrogens (primary N) is 1. The minimum atomic E-state index is -1.24. The van der Waals surface area contributed by atoms with Gasteiger partial charge in [-0.15, -0.1) is 0 Å². The van der Waals surface area contributed by atoms with Crippen LogP contribution in [0.15, 0.2) is 0 Å². The van der Waals surface area contributed by atoms with E-state index < -0.39 is 48.8 Å². The zero-order valence-corrected chi connectivity index (χ0v) is 11.6. The SMILES string of the molecule is NCC(=O)NC(CCC(=O)O)C(=O)NCC(=O)NCC(=O)O. The Hall–Kier alpha value is -2.69. The molecule has 0 aromatic heterocycles. The number of rotatable bonds is 10. The van der Waals surface area contributed by atoms with Crippen LogP contribution < -0.4 is 21.7 Å². The van der Waals surface area contributed by atoms with Crippen molar-refractivity contribution in [3.63, 3.8) is 0 Å². The quantitative estimate of drug-likeness (QED) is 0.240. The van der Waals surface area contributed by atoms with Gasteiger partial charge in [-0.3, -0.25) is 24.0 Å². The van der Waals surface area contributed by atoms with Gasteiger partial charge >= 0.3 is 11.9 Å². The summed E-state index contributed by atoms with van der Waals surface area (Å²) in [5, 5.41) is 23.4. The highest BCUT2D eigenvalue weighted by atomic mass is 16.4. The summed E-state index contributed by atoms with van der Waals surface area (Å²) in [6.07, 6.45) is -0.544. The smallest absolute Gasteiger partial charge is 0.322 e. The van der Waals surface area contributed by atoms with Crippen LogP contribution in [0, 0.1) is 0 Å². The van der Waals surface area contributed by atoms with Crippen LogP contribution in [-0.2, 0) is 24.0 Å². The molecule has 7 N–H and O–H groups in total. The molecule has 0 rings (SSSR count). The van der Waals surface area contributed by atoms with Crippen LogP contribution >= 0.6 is 0 Å². The fourth-order valence-corrected chi connectivity index (χ4v) is 1.32. The first-order valence-electron chi connectivity index (χ1n) is 6.23. The van der Waals surface area contributed by atoms with E-state index in [2.05, 4.69) is 10.6 Å². The Morgan fingerprint density at radius 2 is 1.55 bits per heavy atom. The lowest BCUT2D eigenvalue weighted by atomic mass is 10.1. The molecule has 0 fully saturated rings. The van der Waals surface area contributed by atoms with E-state index in [9.17, 15) is 24.0 Å². The van der Waals surface area contributed by atoms with Gasteiger partial charge in [-0.05, 0) is 6.42 Å².